The molecule has 2 nitrogen and oxygen atoms in total. The molecule has 0 aromatic rings. The van der Waals surface area contributed by atoms with Gasteiger partial charge in [0.1, 0.15) is 0 Å². The van der Waals surface area contributed by atoms with Gasteiger partial charge in [0.2, 0.25) is 0 Å². The van der Waals surface area contributed by atoms with Crippen LogP contribution >= 0.6 is 0 Å². The Morgan fingerprint density at radius 1 is 0.929 bits per heavy atom. The fraction of sp³-hybridized carbons (Fsp3) is 1.00. The second-order valence-electron chi connectivity index (χ2n) is 4.46. The summed E-state index contributed by atoms with van der Waals surface area (Å²) < 4.78 is 10.3. The standard InChI is InChI=1S/C12H24O2/c1-13-8-6-11-4-3-5-12(10-11)7-9-14-2/h11-12H,3-10H2,1-2H3/t11-,12?/m0/s1. The first-order chi connectivity index (χ1) is 6.86. The molecule has 0 spiro atoms. The van der Waals surface area contributed by atoms with E-state index in [1.165, 1.54) is 38.5 Å². The summed E-state index contributed by atoms with van der Waals surface area (Å²) in [5.74, 6) is 1.82. The van der Waals surface area contributed by atoms with Crippen molar-refractivity contribution in [2.45, 2.75) is 38.5 Å². The fourth-order valence-corrected chi connectivity index (χ4v) is 2.50. The monoisotopic (exact) mass is 200 g/mol. The largest absolute Gasteiger partial charge is 0.385 e. The highest BCUT2D eigenvalue weighted by atomic mass is 16.5. The minimum atomic E-state index is 0.908. The smallest absolute Gasteiger partial charge is 0.0464 e. The molecule has 1 unspecified atom stereocenters. The third kappa shape index (κ3) is 4.43. The molecular weight excluding hydrogens is 176 g/mol. The molecule has 0 aliphatic heterocycles. The highest BCUT2D eigenvalue weighted by Gasteiger charge is 2.21. The van der Waals surface area contributed by atoms with E-state index < -0.39 is 0 Å². The summed E-state index contributed by atoms with van der Waals surface area (Å²) in [7, 11) is 3.59. The molecule has 84 valence electrons. The van der Waals surface area contributed by atoms with Crippen LogP contribution in [0.1, 0.15) is 38.5 Å². The van der Waals surface area contributed by atoms with E-state index in [0.717, 1.165) is 25.0 Å². The Kier molecular flexibility index (Phi) is 6.20. The summed E-state index contributed by atoms with van der Waals surface area (Å²) in [4.78, 5) is 0. The first-order valence-corrected chi connectivity index (χ1v) is 5.84. The normalized spacial score (nSPS) is 27.9. The van der Waals surface area contributed by atoms with Crippen molar-refractivity contribution in [1.82, 2.24) is 0 Å². The summed E-state index contributed by atoms with van der Waals surface area (Å²) in [5.41, 5.74) is 0. The SMILES string of the molecule is COCCC1CCC[C@@H](CCOC)C1. The van der Waals surface area contributed by atoms with Crippen LogP contribution in [0.4, 0.5) is 0 Å². The molecular formula is C12H24O2. The molecule has 2 heteroatoms. The molecule has 0 aromatic heterocycles. The van der Waals surface area contributed by atoms with Gasteiger partial charge in [0, 0.05) is 27.4 Å². The maximum Gasteiger partial charge on any atom is 0.0464 e. The van der Waals surface area contributed by atoms with Crippen LogP contribution in [0.3, 0.4) is 0 Å². The molecule has 1 saturated carbocycles. The summed E-state index contributed by atoms with van der Waals surface area (Å²) in [5, 5.41) is 0. The van der Waals surface area contributed by atoms with Crippen molar-refractivity contribution in [3.63, 3.8) is 0 Å². The Morgan fingerprint density at radius 2 is 1.43 bits per heavy atom. The Hall–Kier alpha value is -0.0800. The topological polar surface area (TPSA) is 18.5 Å². The molecule has 0 N–H and O–H groups in total. The lowest BCUT2D eigenvalue weighted by atomic mass is 9.79. The number of methoxy groups -OCH3 is 2. The third-order valence-electron chi connectivity index (χ3n) is 3.35. The zero-order valence-electron chi connectivity index (χ0n) is 9.63. The van der Waals surface area contributed by atoms with Crippen LogP contribution in [0, 0.1) is 11.8 Å². The van der Waals surface area contributed by atoms with E-state index in [1.54, 1.807) is 14.2 Å². The average Bonchev–Trinajstić information content (AvgIpc) is 2.24. The lowest BCUT2D eigenvalue weighted by molar-refractivity contribution is 0.131. The van der Waals surface area contributed by atoms with Gasteiger partial charge < -0.3 is 9.47 Å². The molecule has 1 fully saturated rings. The maximum absolute atomic E-state index is 5.14. The molecule has 0 heterocycles. The van der Waals surface area contributed by atoms with Crippen molar-refractivity contribution in [1.29, 1.82) is 0 Å². The minimum absolute atomic E-state index is 0.908. The predicted molar refractivity (Wildman–Crippen MR) is 58.4 cm³/mol. The minimum Gasteiger partial charge on any atom is -0.385 e. The summed E-state index contributed by atoms with van der Waals surface area (Å²) in [6, 6.07) is 0. The Morgan fingerprint density at radius 3 is 1.86 bits per heavy atom. The van der Waals surface area contributed by atoms with Crippen LogP contribution in [0.15, 0.2) is 0 Å². The van der Waals surface area contributed by atoms with Gasteiger partial charge in [-0.3, -0.25) is 0 Å². The van der Waals surface area contributed by atoms with E-state index in [-0.39, 0.29) is 0 Å². The number of hydrogen-bond donors (Lipinski definition) is 0. The van der Waals surface area contributed by atoms with Gasteiger partial charge in [-0.05, 0) is 31.1 Å². The molecule has 0 aromatic carbocycles. The molecule has 0 amide bonds. The van der Waals surface area contributed by atoms with Crippen LogP contribution in [0.25, 0.3) is 0 Å². The highest BCUT2D eigenvalue weighted by molar-refractivity contribution is 4.73. The molecule has 1 aliphatic rings. The second kappa shape index (κ2) is 7.24. The van der Waals surface area contributed by atoms with E-state index >= 15 is 0 Å². The maximum atomic E-state index is 5.14. The molecule has 0 bridgehead atoms. The first-order valence-electron chi connectivity index (χ1n) is 5.84. The number of ether oxygens (including phenoxy) is 2. The first kappa shape index (κ1) is 12.0. The van der Waals surface area contributed by atoms with E-state index in [0.29, 0.717) is 0 Å². The van der Waals surface area contributed by atoms with Gasteiger partial charge >= 0.3 is 0 Å². The Balaban J connectivity index is 2.14. The predicted octanol–water partition coefficient (Wildman–Crippen LogP) is 2.87. The van der Waals surface area contributed by atoms with Crippen molar-refractivity contribution in [2.75, 3.05) is 27.4 Å². The van der Waals surface area contributed by atoms with Crippen molar-refractivity contribution < 1.29 is 9.47 Å². The summed E-state index contributed by atoms with van der Waals surface area (Å²) in [6.45, 7) is 1.86. The van der Waals surface area contributed by atoms with Gasteiger partial charge in [-0.25, -0.2) is 0 Å². The molecule has 0 radical (unpaired) electrons. The Bertz CT molecular complexity index is 122. The van der Waals surface area contributed by atoms with Gasteiger partial charge in [0.05, 0.1) is 0 Å². The van der Waals surface area contributed by atoms with Crippen LogP contribution in [-0.2, 0) is 9.47 Å². The lowest BCUT2D eigenvalue weighted by Crippen LogP contribution is -2.18. The van der Waals surface area contributed by atoms with Crippen molar-refractivity contribution >= 4 is 0 Å². The van der Waals surface area contributed by atoms with Crippen LogP contribution in [0.5, 0.6) is 0 Å². The van der Waals surface area contributed by atoms with E-state index in [1.807, 2.05) is 0 Å². The summed E-state index contributed by atoms with van der Waals surface area (Å²) in [6.07, 6.45) is 8.12. The van der Waals surface area contributed by atoms with Gasteiger partial charge in [0.25, 0.3) is 0 Å². The van der Waals surface area contributed by atoms with E-state index in [2.05, 4.69) is 0 Å². The zero-order valence-corrected chi connectivity index (χ0v) is 9.63. The second-order valence-corrected chi connectivity index (χ2v) is 4.46. The molecule has 2 atom stereocenters. The van der Waals surface area contributed by atoms with Gasteiger partial charge in [-0.15, -0.1) is 0 Å². The number of rotatable bonds is 6. The van der Waals surface area contributed by atoms with Gasteiger partial charge in [-0.2, -0.15) is 0 Å². The molecule has 1 aliphatic carbocycles. The van der Waals surface area contributed by atoms with Gasteiger partial charge in [-0.1, -0.05) is 19.3 Å². The third-order valence-corrected chi connectivity index (χ3v) is 3.35. The molecule has 14 heavy (non-hydrogen) atoms. The van der Waals surface area contributed by atoms with Crippen LogP contribution < -0.4 is 0 Å². The lowest BCUT2D eigenvalue weighted by Gasteiger charge is -2.28. The van der Waals surface area contributed by atoms with Crippen LogP contribution in [0.2, 0.25) is 0 Å². The van der Waals surface area contributed by atoms with E-state index in [4.69, 9.17) is 9.47 Å². The van der Waals surface area contributed by atoms with E-state index in [9.17, 15) is 0 Å². The van der Waals surface area contributed by atoms with Crippen molar-refractivity contribution in [2.24, 2.45) is 11.8 Å². The van der Waals surface area contributed by atoms with Crippen molar-refractivity contribution in [3.05, 3.63) is 0 Å². The zero-order chi connectivity index (χ0) is 10.2. The summed E-state index contributed by atoms with van der Waals surface area (Å²) >= 11 is 0. The highest BCUT2D eigenvalue weighted by Crippen LogP contribution is 2.32. The molecule has 0 saturated heterocycles. The quantitative estimate of drug-likeness (QED) is 0.656. The van der Waals surface area contributed by atoms with Crippen LogP contribution in [-0.4, -0.2) is 27.4 Å². The fourth-order valence-electron chi connectivity index (χ4n) is 2.50. The number of hydrogen-bond acceptors (Lipinski definition) is 2. The van der Waals surface area contributed by atoms with Gasteiger partial charge in [0.15, 0.2) is 0 Å². The molecule has 1 rings (SSSR count). The average molecular weight is 200 g/mol. The van der Waals surface area contributed by atoms with Crippen molar-refractivity contribution in [3.8, 4) is 0 Å². The Labute approximate surface area is 88.0 Å².